The van der Waals surface area contributed by atoms with Gasteiger partial charge in [0.05, 0.1) is 11.3 Å². The van der Waals surface area contributed by atoms with Gasteiger partial charge in [0, 0.05) is 6.54 Å². The number of carbonyl (C=O) groups excluding carboxylic acids is 2. The summed E-state index contributed by atoms with van der Waals surface area (Å²) in [4.78, 5) is 27.2. The van der Waals surface area contributed by atoms with Crippen LogP contribution in [0.3, 0.4) is 0 Å². The molecule has 1 aliphatic rings. The van der Waals surface area contributed by atoms with Gasteiger partial charge in [-0.3, -0.25) is 5.32 Å². The van der Waals surface area contributed by atoms with E-state index < -0.39 is 5.85 Å². The number of rotatable bonds is 2. The Bertz CT molecular complexity index is 530. The third kappa shape index (κ3) is 1.48. The van der Waals surface area contributed by atoms with E-state index in [9.17, 15) is 14.7 Å². The van der Waals surface area contributed by atoms with Crippen molar-refractivity contribution in [3.05, 3.63) is 29.3 Å². The van der Waals surface area contributed by atoms with E-state index in [0.29, 0.717) is 12.1 Å². The van der Waals surface area contributed by atoms with Crippen LogP contribution in [0.4, 0.5) is 5.69 Å². The summed E-state index contributed by atoms with van der Waals surface area (Å²) < 4.78 is 0. The van der Waals surface area contributed by atoms with Crippen LogP contribution in [0.25, 0.3) is 0 Å². The molecule has 0 amide bonds. The summed E-state index contributed by atoms with van der Waals surface area (Å²) in [5.74, 6) is -1.85. The zero-order chi connectivity index (χ0) is 11.6. The number of isocyanates is 2. The molecule has 2 rings (SSSR count). The Morgan fingerprint density at radius 1 is 1.38 bits per heavy atom. The molecule has 6 heteroatoms. The number of hydrogen-bond donors (Lipinski definition) is 2. The molecule has 0 saturated carbocycles. The molecule has 0 aliphatic carbocycles. The molecule has 6 nitrogen and oxygen atoms in total. The van der Waals surface area contributed by atoms with Crippen molar-refractivity contribution in [1.82, 2.24) is 5.32 Å². The highest BCUT2D eigenvalue weighted by Gasteiger charge is 2.38. The summed E-state index contributed by atoms with van der Waals surface area (Å²) in [6.45, 7) is 0.333. The SMILES string of the molecule is O=C=Nc1cccc2c1C(O)(N=C=O)NC2. The van der Waals surface area contributed by atoms with E-state index >= 15 is 0 Å². The minimum atomic E-state index is -1.85. The molecule has 1 unspecified atom stereocenters. The minimum Gasteiger partial charge on any atom is -0.353 e. The van der Waals surface area contributed by atoms with Gasteiger partial charge >= 0.3 is 0 Å². The molecule has 80 valence electrons. The van der Waals surface area contributed by atoms with Gasteiger partial charge in [-0.1, -0.05) is 12.1 Å². The van der Waals surface area contributed by atoms with Gasteiger partial charge in [0.2, 0.25) is 12.2 Å². The fraction of sp³-hybridized carbons (Fsp3) is 0.200. The molecule has 1 aliphatic heterocycles. The van der Waals surface area contributed by atoms with Crippen molar-refractivity contribution in [2.24, 2.45) is 9.98 Å². The number of nitrogens with zero attached hydrogens (tertiary/aromatic N) is 2. The Kier molecular flexibility index (Phi) is 2.48. The number of fused-ring (bicyclic) bond motifs is 1. The summed E-state index contributed by atoms with van der Waals surface area (Å²) in [6.07, 6.45) is 2.67. The lowest BCUT2D eigenvalue weighted by atomic mass is 10.1. The number of nitrogens with one attached hydrogen (secondary N) is 1. The van der Waals surface area contributed by atoms with Gasteiger partial charge in [-0.05, 0) is 11.6 Å². The number of aliphatic imine (C=N–C) groups is 2. The first-order chi connectivity index (χ1) is 7.71. The van der Waals surface area contributed by atoms with Crippen LogP contribution in [0.5, 0.6) is 0 Å². The van der Waals surface area contributed by atoms with Gasteiger partial charge < -0.3 is 5.11 Å². The topological polar surface area (TPSA) is 91.1 Å². The van der Waals surface area contributed by atoms with Gasteiger partial charge in [0.1, 0.15) is 0 Å². The second-order valence-electron chi connectivity index (χ2n) is 3.24. The summed E-state index contributed by atoms with van der Waals surface area (Å²) in [5.41, 5.74) is 1.25. The normalized spacial score (nSPS) is 21.8. The Morgan fingerprint density at radius 2 is 2.19 bits per heavy atom. The molecular weight excluding hydrogens is 210 g/mol. The van der Waals surface area contributed by atoms with Crippen LogP contribution in [0.2, 0.25) is 0 Å². The molecule has 2 N–H and O–H groups in total. The lowest BCUT2D eigenvalue weighted by Crippen LogP contribution is -2.34. The zero-order valence-electron chi connectivity index (χ0n) is 8.10. The molecular formula is C10H7N3O3. The van der Waals surface area contributed by atoms with Crippen molar-refractivity contribution in [2.45, 2.75) is 12.4 Å². The zero-order valence-corrected chi connectivity index (χ0v) is 8.10. The van der Waals surface area contributed by atoms with Gasteiger partial charge in [-0.15, -0.1) is 4.99 Å². The first-order valence-corrected chi connectivity index (χ1v) is 4.48. The Labute approximate surface area is 90.3 Å². The maximum absolute atomic E-state index is 10.2. The highest BCUT2D eigenvalue weighted by molar-refractivity contribution is 5.60. The molecule has 0 fully saturated rings. The monoisotopic (exact) mass is 217 g/mol. The van der Waals surface area contributed by atoms with Crippen molar-refractivity contribution in [3.63, 3.8) is 0 Å². The van der Waals surface area contributed by atoms with E-state index in [2.05, 4.69) is 15.3 Å². The van der Waals surface area contributed by atoms with Gasteiger partial charge in [0.15, 0.2) is 0 Å². The maximum Gasteiger partial charge on any atom is 0.254 e. The number of aliphatic hydroxyl groups is 1. The largest absolute Gasteiger partial charge is 0.353 e. The predicted molar refractivity (Wildman–Crippen MR) is 53.1 cm³/mol. The summed E-state index contributed by atoms with van der Waals surface area (Å²) in [6, 6.07) is 4.96. The van der Waals surface area contributed by atoms with Crippen LogP contribution in [0, 0.1) is 0 Å². The molecule has 0 saturated heterocycles. The van der Waals surface area contributed by atoms with Crippen LogP contribution in [-0.2, 0) is 22.0 Å². The van der Waals surface area contributed by atoms with Crippen LogP contribution in [0.15, 0.2) is 28.2 Å². The fourth-order valence-corrected chi connectivity index (χ4v) is 1.75. The van der Waals surface area contributed by atoms with Crippen molar-refractivity contribution in [3.8, 4) is 0 Å². The molecule has 1 atom stereocenters. The summed E-state index contributed by atoms with van der Waals surface area (Å²) >= 11 is 0. The Morgan fingerprint density at radius 3 is 2.88 bits per heavy atom. The Hall–Kier alpha value is -2.10. The smallest absolute Gasteiger partial charge is 0.254 e. The highest BCUT2D eigenvalue weighted by Crippen LogP contribution is 2.36. The molecule has 0 aromatic heterocycles. The molecule has 16 heavy (non-hydrogen) atoms. The minimum absolute atomic E-state index is 0.235. The molecule has 1 heterocycles. The van der Waals surface area contributed by atoms with E-state index in [4.69, 9.17) is 0 Å². The average molecular weight is 217 g/mol. The lowest BCUT2D eigenvalue weighted by molar-refractivity contribution is 0.0210. The van der Waals surface area contributed by atoms with Gasteiger partial charge in [0.25, 0.3) is 5.85 Å². The van der Waals surface area contributed by atoms with E-state index in [1.165, 1.54) is 18.2 Å². The van der Waals surface area contributed by atoms with Crippen molar-refractivity contribution in [2.75, 3.05) is 0 Å². The fourth-order valence-electron chi connectivity index (χ4n) is 1.75. The van der Waals surface area contributed by atoms with Crippen molar-refractivity contribution >= 4 is 17.8 Å². The third-order valence-electron chi connectivity index (χ3n) is 2.38. The molecule has 0 radical (unpaired) electrons. The Balaban J connectivity index is 2.68. The van der Waals surface area contributed by atoms with Crippen LogP contribution >= 0.6 is 0 Å². The number of benzene rings is 1. The molecule has 0 spiro atoms. The third-order valence-corrected chi connectivity index (χ3v) is 2.38. The van der Waals surface area contributed by atoms with E-state index in [1.54, 1.807) is 12.1 Å². The van der Waals surface area contributed by atoms with E-state index in [-0.39, 0.29) is 5.69 Å². The molecule has 1 aromatic carbocycles. The van der Waals surface area contributed by atoms with Crippen molar-refractivity contribution < 1.29 is 14.7 Å². The molecule has 1 aromatic rings. The summed E-state index contributed by atoms with van der Waals surface area (Å²) in [7, 11) is 0. The highest BCUT2D eigenvalue weighted by atomic mass is 16.3. The second-order valence-corrected chi connectivity index (χ2v) is 3.24. The quantitative estimate of drug-likeness (QED) is 0.546. The first-order valence-electron chi connectivity index (χ1n) is 4.48. The summed E-state index contributed by atoms with van der Waals surface area (Å²) in [5, 5.41) is 12.7. The van der Waals surface area contributed by atoms with E-state index in [1.807, 2.05) is 0 Å². The van der Waals surface area contributed by atoms with Gasteiger partial charge in [-0.2, -0.15) is 4.99 Å². The predicted octanol–water partition coefficient (Wildman–Crippen LogP) is 0.196. The van der Waals surface area contributed by atoms with Crippen LogP contribution in [-0.4, -0.2) is 17.3 Å². The average Bonchev–Trinajstić information content (AvgIpc) is 2.59. The number of hydrogen-bond acceptors (Lipinski definition) is 6. The van der Waals surface area contributed by atoms with Crippen molar-refractivity contribution in [1.29, 1.82) is 0 Å². The maximum atomic E-state index is 10.2. The van der Waals surface area contributed by atoms with Crippen LogP contribution < -0.4 is 5.32 Å². The second kappa shape index (κ2) is 3.81. The molecule has 0 bridgehead atoms. The van der Waals surface area contributed by atoms with Gasteiger partial charge in [-0.25, -0.2) is 9.59 Å². The first kappa shape index (κ1) is 10.4. The lowest BCUT2D eigenvalue weighted by Gasteiger charge is -2.17. The van der Waals surface area contributed by atoms with E-state index in [0.717, 1.165) is 5.56 Å². The van der Waals surface area contributed by atoms with Crippen LogP contribution in [0.1, 0.15) is 11.1 Å². The standard InChI is InChI=1S/C10H7N3O3/c14-5-11-8-3-1-2-7-4-12-10(16,9(7)8)13-6-15/h1-3,12,16H,4H2.